The SMILES string of the molecule is Cc1ccc(-c2ccn(-c3ccc4c5c(n(C)c4c3)CCN(C(=O)OC(C)(C)C)CC5)c(=O)c2)cc1. The van der Waals surface area contributed by atoms with E-state index in [4.69, 9.17) is 4.74 Å². The molecule has 4 aromatic rings. The van der Waals surface area contributed by atoms with E-state index >= 15 is 0 Å². The number of benzene rings is 2. The number of hydrogen-bond donors (Lipinski definition) is 0. The van der Waals surface area contributed by atoms with Gasteiger partial charge in [0.05, 0.1) is 11.2 Å². The second-order valence-corrected chi connectivity index (χ2v) is 10.6. The maximum absolute atomic E-state index is 13.0. The van der Waals surface area contributed by atoms with E-state index in [1.807, 2.05) is 51.2 Å². The molecule has 0 aliphatic carbocycles. The molecule has 0 N–H and O–H groups in total. The fourth-order valence-corrected chi connectivity index (χ4v) is 5.03. The van der Waals surface area contributed by atoms with Crippen LogP contribution in [0, 0.1) is 6.92 Å². The van der Waals surface area contributed by atoms with Gasteiger partial charge >= 0.3 is 6.09 Å². The van der Waals surface area contributed by atoms with Gasteiger partial charge in [0.15, 0.2) is 0 Å². The normalized spacial score (nSPS) is 14.0. The molecule has 1 amide bonds. The quantitative estimate of drug-likeness (QED) is 0.371. The van der Waals surface area contributed by atoms with Crippen LogP contribution >= 0.6 is 0 Å². The number of carbonyl (C=O) groups excluding carboxylic acids is 1. The molecule has 186 valence electrons. The number of nitrogens with zero attached hydrogens (tertiary/aromatic N) is 3. The van der Waals surface area contributed by atoms with Crippen molar-refractivity contribution in [2.75, 3.05) is 13.1 Å². The van der Waals surface area contributed by atoms with E-state index in [1.165, 1.54) is 22.2 Å². The zero-order valence-electron chi connectivity index (χ0n) is 21.7. The average molecular weight is 484 g/mol. The van der Waals surface area contributed by atoms with Crippen molar-refractivity contribution in [2.24, 2.45) is 7.05 Å². The second-order valence-electron chi connectivity index (χ2n) is 10.6. The summed E-state index contributed by atoms with van der Waals surface area (Å²) in [6, 6.07) is 18.1. The molecule has 0 spiro atoms. The number of aryl methyl sites for hydroxylation is 2. The highest BCUT2D eigenvalue weighted by Crippen LogP contribution is 2.30. The first-order chi connectivity index (χ1) is 17.1. The number of pyridine rings is 1. The van der Waals surface area contributed by atoms with Crippen molar-refractivity contribution in [3.8, 4) is 16.8 Å². The third-order valence-corrected chi connectivity index (χ3v) is 6.91. The first kappa shape index (κ1) is 23.9. The molecule has 0 atom stereocenters. The Hall–Kier alpha value is -3.80. The molecule has 2 aromatic carbocycles. The van der Waals surface area contributed by atoms with Gasteiger partial charge in [0, 0.05) is 49.9 Å². The van der Waals surface area contributed by atoms with E-state index in [9.17, 15) is 9.59 Å². The van der Waals surface area contributed by atoms with Crippen molar-refractivity contribution in [3.63, 3.8) is 0 Å². The van der Waals surface area contributed by atoms with Crippen LogP contribution < -0.4 is 5.56 Å². The Kier molecular flexibility index (Phi) is 5.99. The van der Waals surface area contributed by atoms with Gasteiger partial charge in [0.2, 0.25) is 0 Å². The lowest BCUT2D eigenvalue weighted by Crippen LogP contribution is -2.38. The van der Waals surface area contributed by atoms with Crippen molar-refractivity contribution in [1.29, 1.82) is 0 Å². The van der Waals surface area contributed by atoms with Crippen LogP contribution in [0.1, 0.15) is 37.6 Å². The summed E-state index contributed by atoms with van der Waals surface area (Å²) in [5.41, 5.74) is 7.02. The number of amides is 1. The lowest BCUT2D eigenvalue weighted by molar-refractivity contribution is 0.0258. The molecule has 6 nitrogen and oxygen atoms in total. The Bertz CT molecular complexity index is 1500. The van der Waals surface area contributed by atoms with Crippen LogP contribution in [0.5, 0.6) is 0 Å². The minimum absolute atomic E-state index is 0.0591. The Labute approximate surface area is 211 Å². The average Bonchev–Trinajstić information content (AvgIpc) is 2.96. The van der Waals surface area contributed by atoms with Crippen LogP contribution in [0.15, 0.2) is 65.6 Å². The number of hydrogen-bond acceptors (Lipinski definition) is 3. The van der Waals surface area contributed by atoms with E-state index in [2.05, 4.69) is 42.8 Å². The molecule has 1 aliphatic rings. The molecule has 0 saturated heterocycles. The Morgan fingerprint density at radius 3 is 2.33 bits per heavy atom. The summed E-state index contributed by atoms with van der Waals surface area (Å²) < 4.78 is 9.49. The molecule has 6 heteroatoms. The molecule has 3 heterocycles. The molecule has 0 unspecified atom stereocenters. The van der Waals surface area contributed by atoms with Crippen LogP contribution in [-0.4, -0.2) is 38.8 Å². The minimum atomic E-state index is -0.504. The lowest BCUT2D eigenvalue weighted by atomic mass is 10.1. The number of rotatable bonds is 2. The monoisotopic (exact) mass is 483 g/mol. The Morgan fingerprint density at radius 2 is 1.64 bits per heavy atom. The number of carbonyl (C=O) groups is 1. The molecule has 5 rings (SSSR count). The van der Waals surface area contributed by atoms with Crippen molar-refractivity contribution in [3.05, 3.63) is 88.0 Å². The van der Waals surface area contributed by atoms with Crippen LogP contribution in [0.3, 0.4) is 0 Å². The molecule has 36 heavy (non-hydrogen) atoms. The molecule has 1 aliphatic heterocycles. The molecule has 0 saturated carbocycles. The molecule has 0 radical (unpaired) electrons. The highest BCUT2D eigenvalue weighted by Gasteiger charge is 2.26. The fourth-order valence-electron chi connectivity index (χ4n) is 5.03. The highest BCUT2D eigenvalue weighted by molar-refractivity contribution is 5.87. The third kappa shape index (κ3) is 4.55. The molecular formula is C30H33N3O3. The van der Waals surface area contributed by atoms with Gasteiger partial charge in [-0.3, -0.25) is 9.36 Å². The highest BCUT2D eigenvalue weighted by atomic mass is 16.6. The van der Waals surface area contributed by atoms with E-state index in [1.54, 1.807) is 15.5 Å². The third-order valence-electron chi connectivity index (χ3n) is 6.91. The van der Waals surface area contributed by atoms with Crippen molar-refractivity contribution >= 4 is 17.0 Å². The molecule has 0 bridgehead atoms. The molecular weight excluding hydrogens is 450 g/mol. The first-order valence-electron chi connectivity index (χ1n) is 12.5. The largest absolute Gasteiger partial charge is 0.444 e. The van der Waals surface area contributed by atoms with Gasteiger partial charge in [-0.1, -0.05) is 35.9 Å². The van der Waals surface area contributed by atoms with Gasteiger partial charge in [-0.2, -0.15) is 0 Å². The zero-order chi connectivity index (χ0) is 25.6. The summed E-state index contributed by atoms with van der Waals surface area (Å²) in [5, 5.41) is 1.17. The zero-order valence-corrected chi connectivity index (χ0v) is 21.7. The van der Waals surface area contributed by atoms with Crippen molar-refractivity contribution in [1.82, 2.24) is 14.0 Å². The predicted octanol–water partition coefficient (Wildman–Crippen LogP) is 5.64. The molecule has 0 fully saturated rings. The number of ether oxygens (including phenoxy) is 1. The number of aromatic nitrogens is 2. The first-order valence-corrected chi connectivity index (χ1v) is 12.5. The van der Waals surface area contributed by atoms with Crippen molar-refractivity contribution in [2.45, 2.75) is 46.1 Å². The summed E-state index contributed by atoms with van der Waals surface area (Å²) in [4.78, 5) is 27.5. The lowest BCUT2D eigenvalue weighted by Gasteiger charge is -2.26. The summed E-state index contributed by atoms with van der Waals surface area (Å²) in [6.45, 7) is 8.98. The van der Waals surface area contributed by atoms with E-state index in [0.29, 0.717) is 13.1 Å². The van der Waals surface area contributed by atoms with Crippen LogP contribution in [0.4, 0.5) is 4.79 Å². The standard InChI is InChI=1S/C30H33N3O3/c1-20-6-8-21(9-7-20)22-12-17-33(28(34)18-22)23-10-11-24-25-13-15-32(29(35)36-30(2,3)4)16-14-26(25)31(5)27(24)19-23/h6-12,17-19H,13-16H2,1-5H3. The maximum atomic E-state index is 13.0. The summed E-state index contributed by atoms with van der Waals surface area (Å²) in [5.74, 6) is 0. The van der Waals surface area contributed by atoms with Gasteiger partial charge < -0.3 is 14.2 Å². The van der Waals surface area contributed by atoms with Crippen molar-refractivity contribution < 1.29 is 9.53 Å². The summed E-state index contributed by atoms with van der Waals surface area (Å²) in [6.07, 6.45) is 3.14. The Balaban J connectivity index is 1.44. The number of fused-ring (bicyclic) bond motifs is 3. The topological polar surface area (TPSA) is 56.5 Å². The van der Waals surface area contributed by atoms with E-state index in [0.717, 1.165) is 35.2 Å². The van der Waals surface area contributed by atoms with Gasteiger partial charge in [-0.15, -0.1) is 0 Å². The summed E-state index contributed by atoms with van der Waals surface area (Å²) >= 11 is 0. The Morgan fingerprint density at radius 1 is 0.917 bits per heavy atom. The van der Waals surface area contributed by atoms with Crippen LogP contribution in [-0.2, 0) is 24.6 Å². The maximum Gasteiger partial charge on any atom is 0.410 e. The molecule has 2 aromatic heterocycles. The van der Waals surface area contributed by atoms with Gasteiger partial charge in [-0.05, 0) is 69.0 Å². The predicted molar refractivity (Wildman–Crippen MR) is 144 cm³/mol. The van der Waals surface area contributed by atoms with Gasteiger partial charge in [0.1, 0.15) is 5.60 Å². The van der Waals surface area contributed by atoms with Gasteiger partial charge in [0.25, 0.3) is 5.56 Å². The van der Waals surface area contributed by atoms with Crippen LogP contribution in [0.25, 0.3) is 27.7 Å². The fraction of sp³-hybridized carbons (Fsp3) is 0.333. The smallest absolute Gasteiger partial charge is 0.410 e. The van der Waals surface area contributed by atoms with E-state index in [-0.39, 0.29) is 11.7 Å². The van der Waals surface area contributed by atoms with Gasteiger partial charge in [-0.25, -0.2) is 4.79 Å². The van der Waals surface area contributed by atoms with Crippen LogP contribution in [0.2, 0.25) is 0 Å². The second kappa shape index (κ2) is 9.01. The van der Waals surface area contributed by atoms with E-state index < -0.39 is 5.60 Å². The minimum Gasteiger partial charge on any atom is -0.444 e. The summed E-state index contributed by atoms with van der Waals surface area (Å²) in [7, 11) is 2.07.